The van der Waals surface area contributed by atoms with Crippen molar-refractivity contribution in [1.29, 1.82) is 0 Å². The number of nitrogens with zero attached hydrogens (tertiary/aromatic N) is 1. The summed E-state index contributed by atoms with van der Waals surface area (Å²) in [6.45, 7) is 0. The summed E-state index contributed by atoms with van der Waals surface area (Å²) in [7, 11) is 0. The summed E-state index contributed by atoms with van der Waals surface area (Å²) < 4.78 is 0. The van der Waals surface area contributed by atoms with Gasteiger partial charge >= 0.3 is 0 Å². The first-order valence-corrected chi connectivity index (χ1v) is 19.6. The van der Waals surface area contributed by atoms with E-state index in [1.54, 1.807) is 0 Å². The van der Waals surface area contributed by atoms with E-state index in [-0.39, 0.29) is 0 Å². The Morgan fingerprint density at radius 1 is 0.211 bits per heavy atom. The largest absolute Gasteiger partial charge is 0.311 e. The Labute approximate surface area is 334 Å². The van der Waals surface area contributed by atoms with E-state index in [9.17, 15) is 0 Å². The molecule has 0 saturated heterocycles. The number of fused-ring (bicyclic) bond motifs is 2. The lowest BCUT2D eigenvalue weighted by Crippen LogP contribution is -2.09. The third-order valence-corrected chi connectivity index (χ3v) is 11.1. The number of rotatable bonds is 8. The van der Waals surface area contributed by atoms with Crippen LogP contribution in [-0.2, 0) is 0 Å². The molecule has 0 saturated carbocycles. The second kappa shape index (κ2) is 15.0. The molecule has 0 aromatic heterocycles. The molecule has 0 aliphatic rings. The van der Waals surface area contributed by atoms with Gasteiger partial charge in [-0.05, 0) is 126 Å². The molecule has 0 spiro atoms. The summed E-state index contributed by atoms with van der Waals surface area (Å²) in [6.07, 6.45) is 0. The lowest BCUT2D eigenvalue weighted by atomic mass is 9.91. The number of hydrogen-bond acceptors (Lipinski definition) is 1. The summed E-state index contributed by atoms with van der Waals surface area (Å²) in [6, 6.07) is 85.5. The second-order valence-electron chi connectivity index (χ2n) is 14.5. The molecule has 0 unspecified atom stereocenters. The van der Waals surface area contributed by atoms with E-state index in [0.29, 0.717) is 0 Å². The second-order valence-corrected chi connectivity index (χ2v) is 14.5. The third-order valence-electron chi connectivity index (χ3n) is 11.1. The normalized spacial score (nSPS) is 11.2. The maximum absolute atomic E-state index is 2.34. The first-order valence-electron chi connectivity index (χ1n) is 19.6. The molecule has 0 aliphatic carbocycles. The van der Waals surface area contributed by atoms with Crippen molar-refractivity contribution in [3.05, 3.63) is 237 Å². The molecule has 0 N–H and O–H groups in total. The topological polar surface area (TPSA) is 3.24 Å². The van der Waals surface area contributed by atoms with Gasteiger partial charge in [-0.3, -0.25) is 0 Å². The average Bonchev–Trinajstić information content (AvgIpc) is 3.30. The van der Waals surface area contributed by atoms with Crippen LogP contribution in [0.3, 0.4) is 0 Å². The first-order chi connectivity index (χ1) is 28.3. The van der Waals surface area contributed by atoms with Gasteiger partial charge in [0.15, 0.2) is 0 Å². The van der Waals surface area contributed by atoms with Gasteiger partial charge in [0.25, 0.3) is 0 Å². The van der Waals surface area contributed by atoms with Crippen LogP contribution in [0.15, 0.2) is 237 Å². The highest BCUT2D eigenvalue weighted by Crippen LogP contribution is 2.41. The van der Waals surface area contributed by atoms with Crippen molar-refractivity contribution in [2.45, 2.75) is 0 Å². The Morgan fingerprint density at radius 2 is 0.632 bits per heavy atom. The molecule has 0 heterocycles. The summed E-state index contributed by atoms with van der Waals surface area (Å²) in [4.78, 5) is 2.34. The van der Waals surface area contributed by atoms with Gasteiger partial charge in [-0.25, -0.2) is 0 Å². The standard InChI is InChI=1S/C56H39N/c1-4-15-42(16-5-1)52-35-30-46(39-56(52)43-17-6-2-7-18-43)41-26-31-49(32-27-41)57(48-20-8-3-9-21-48)50-33-28-44(29-34-50)51-36-37-53(55-23-13-12-22-54(51)55)47-25-24-40-14-10-11-19-45(40)38-47/h1-39H. The molecule has 10 aromatic carbocycles. The smallest absolute Gasteiger partial charge is 0.0462 e. The van der Waals surface area contributed by atoms with E-state index in [1.165, 1.54) is 77.2 Å². The van der Waals surface area contributed by atoms with Crippen LogP contribution in [-0.4, -0.2) is 0 Å². The molecule has 268 valence electrons. The van der Waals surface area contributed by atoms with Crippen molar-refractivity contribution >= 4 is 38.6 Å². The van der Waals surface area contributed by atoms with Crippen LogP contribution in [0.4, 0.5) is 17.1 Å². The number of benzene rings is 10. The fourth-order valence-electron chi connectivity index (χ4n) is 8.23. The van der Waals surface area contributed by atoms with Crippen LogP contribution in [0, 0.1) is 0 Å². The number of para-hydroxylation sites is 1. The highest BCUT2D eigenvalue weighted by atomic mass is 15.1. The van der Waals surface area contributed by atoms with Gasteiger partial charge in [-0.2, -0.15) is 0 Å². The van der Waals surface area contributed by atoms with Crippen molar-refractivity contribution in [3.8, 4) is 55.6 Å². The summed E-state index contributed by atoms with van der Waals surface area (Å²) >= 11 is 0. The van der Waals surface area contributed by atoms with Crippen LogP contribution in [0.25, 0.3) is 77.2 Å². The van der Waals surface area contributed by atoms with Gasteiger partial charge in [0, 0.05) is 17.1 Å². The molecule has 57 heavy (non-hydrogen) atoms. The minimum Gasteiger partial charge on any atom is -0.311 e. The molecule has 0 radical (unpaired) electrons. The van der Waals surface area contributed by atoms with Gasteiger partial charge in [0.05, 0.1) is 0 Å². The molecule has 0 bridgehead atoms. The fraction of sp³-hybridized carbons (Fsp3) is 0. The van der Waals surface area contributed by atoms with Crippen LogP contribution in [0.1, 0.15) is 0 Å². The Hall–Kier alpha value is -7.48. The maximum atomic E-state index is 2.34. The maximum Gasteiger partial charge on any atom is 0.0462 e. The van der Waals surface area contributed by atoms with Gasteiger partial charge < -0.3 is 4.90 Å². The number of hydrogen-bond donors (Lipinski definition) is 0. The lowest BCUT2D eigenvalue weighted by Gasteiger charge is -2.26. The zero-order valence-electron chi connectivity index (χ0n) is 31.5. The monoisotopic (exact) mass is 725 g/mol. The summed E-state index contributed by atoms with van der Waals surface area (Å²) in [5, 5.41) is 5.02. The van der Waals surface area contributed by atoms with E-state index in [1.807, 2.05) is 0 Å². The van der Waals surface area contributed by atoms with Crippen molar-refractivity contribution < 1.29 is 0 Å². The Bertz CT molecular complexity index is 2970. The zero-order chi connectivity index (χ0) is 38.0. The fourth-order valence-corrected chi connectivity index (χ4v) is 8.23. The molecule has 1 nitrogen and oxygen atoms in total. The SMILES string of the molecule is c1ccc(-c2ccc(-c3ccc(N(c4ccccc4)c4ccc(-c5ccc(-c6ccc7ccccc7c6)c6ccccc56)cc4)cc3)cc2-c2ccccc2)cc1. The molecular formula is C56H39N. The van der Waals surface area contributed by atoms with Crippen molar-refractivity contribution in [3.63, 3.8) is 0 Å². The van der Waals surface area contributed by atoms with E-state index < -0.39 is 0 Å². The van der Waals surface area contributed by atoms with Crippen LogP contribution in [0.2, 0.25) is 0 Å². The average molecular weight is 726 g/mol. The predicted octanol–water partition coefficient (Wildman–Crippen LogP) is 15.8. The van der Waals surface area contributed by atoms with E-state index in [4.69, 9.17) is 0 Å². The predicted molar refractivity (Wildman–Crippen MR) is 243 cm³/mol. The molecule has 0 fully saturated rings. The van der Waals surface area contributed by atoms with E-state index >= 15 is 0 Å². The van der Waals surface area contributed by atoms with E-state index in [0.717, 1.165) is 17.1 Å². The Kier molecular flexibility index (Phi) is 8.95. The number of anilines is 3. The van der Waals surface area contributed by atoms with Gasteiger partial charge in [-0.15, -0.1) is 0 Å². The van der Waals surface area contributed by atoms with Crippen LogP contribution in [0.5, 0.6) is 0 Å². The highest BCUT2D eigenvalue weighted by Gasteiger charge is 2.16. The van der Waals surface area contributed by atoms with Gasteiger partial charge in [0.1, 0.15) is 0 Å². The van der Waals surface area contributed by atoms with Crippen molar-refractivity contribution in [2.75, 3.05) is 4.90 Å². The molecule has 10 aromatic rings. The van der Waals surface area contributed by atoms with Gasteiger partial charge in [0.2, 0.25) is 0 Å². The molecule has 0 aliphatic heterocycles. The van der Waals surface area contributed by atoms with E-state index in [2.05, 4.69) is 241 Å². The Morgan fingerprint density at radius 3 is 1.26 bits per heavy atom. The zero-order valence-corrected chi connectivity index (χ0v) is 31.5. The molecule has 0 atom stereocenters. The third kappa shape index (κ3) is 6.66. The minimum absolute atomic E-state index is 1.10. The summed E-state index contributed by atoms with van der Waals surface area (Å²) in [5.74, 6) is 0. The molecular weight excluding hydrogens is 687 g/mol. The molecule has 10 rings (SSSR count). The molecule has 1 heteroatoms. The minimum atomic E-state index is 1.10. The highest BCUT2D eigenvalue weighted by molar-refractivity contribution is 6.06. The quantitative estimate of drug-likeness (QED) is 0.151. The lowest BCUT2D eigenvalue weighted by molar-refractivity contribution is 1.28. The first kappa shape index (κ1) is 34.0. The van der Waals surface area contributed by atoms with Crippen LogP contribution >= 0.6 is 0 Å². The Balaban J connectivity index is 0.992. The van der Waals surface area contributed by atoms with Crippen molar-refractivity contribution in [2.24, 2.45) is 0 Å². The molecule has 0 amide bonds. The van der Waals surface area contributed by atoms with Gasteiger partial charge in [-0.1, -0.05) is 188 Å². The van der Waals surface area contributed by atoms with Crippen molar-refractivity contribution in [1.82, 2.24) is 0 Å². The summed E-state index contributed by atoms with van der Waals surface area (Å²) in [5.41, 5.74) is 15.5. The van der Waals surface area contributed by atoms with Crippen LogP contribution < -0.4 is 4.90 Å².